The first-order valence-electron chi connectivity index (χ1n) is 4.89. The maximum atomic E-state index is 9.22. The Labute approximate surface area is 89.6 Å². The minimum absolute atomic E-state index is 0.281. The van der Waals surface area contributed by atoms with Crippen LogP contribution in [0.1, 0.15) is 12.5 Å². The van der Waals surface area contributed by atoms with Gasteiger partial charge < -0.3 is 9.84 Å². The van der Waals surface area contributed by atoms with Gasteiger partial charge in [0.25, 0.3) is 0 Å². The maximum absolute atomic E-state index is 9.22. The van der Waals surface area contributed by atoms with Gasteiger partial charge in [-0.3, -0.25) is 4.84 Å². The van der Waals surface area contributed by atoms with Crippen molar-refractivity contribution in [3.05, 3.63) is 35.9 Å². The van der Waals surface area contributed by atoms with Crippen LogP contribution in [0, 0.1) is 0 Å². The fourth-order valence-corrected chi connectivity index (χ4v) is 1.16. The van der Waals surface area contributed by atoms with Gasteiger partial charge in [-0.25, -0.2) is 5.90 Å². The van der Waals surface area contributed by atoms with E-state index in [9.17, 15) is 5.11 Å². The van der Waals surface area contributed by atoms with Crippen molar-refractivity contribution in [2.75, 3.05) is 6.61 Å². The van der Waals surface area contributed by atoms with Crippen LogP contribution in [0.3, 0.4) is 0 Å². The number of hydrogen-bond acceptors (Lipinski definition) is 4. The number of aliphatic hydroxyl groups is 1. The second kappa shape index (κ2) is 6.53. The molecule has 3 N–H and O–H groups in total. The molecule has 4 nitrogen and oxygen atoms in total. The molecule has 1 rings (SSSR count). The minimum atomic E-state index is -0.634. The Morgan fingerprint density at radius 3 is 2.53 bits per heavy atom. The van der Waals surface area contributed by atoms with Gasteiger partial charge in [0, 0.05) is 0 Å². The average Bonchev–Trinajstić information content (AvgIpc) is 2.25. The molecule has 1 unspecified atom stereocenters. The number of benzene rings is 1. The topological polar surface area (TPSA) is 64.7 Å². The predicted octanol–water partition coefficient (Wildman–Crippen LogP) is 0.843. The highest BCUT2D eigenvalue weighted by atomic mass is 16.6. The smallest absolute Gasteiger partial charge is 0.127 e. The van der Waals surface area contributed by atoms with E-state index in [0.29, 0.717) is 6.61 Å². The molecular formula is C11H17NO3. The number of rotatable bonds is 6. The molecule has 0 amide bonds. The van der Waals surface area contributed by atoms with Crippen LogP contribution in [0.2, 0.25) is 0 Å². The second-order valence-corrected chi connectivity index (χ2v) is 3.42. The van der Waals surface area contributed by atoms with E-state index in [1.807, 2.05) is 30.3 Å². The highest BCUT2D eigenvalue weighted by Gasteiger charge is 2.14. The molecule has 0 aliphatic rings. The lowest BCUT2D eigenvalue weighted by atomic mass is 10.2. The van der Waals surface area contributed by atoms with Gasteiger partial charge in [-0.15, -0.1) is 0 Å². The Hall–Kier alpha value is -0.940. The summed E-state index contributed by atoms with van der Waals surface area (Å²) >= 11 is 0. The lowest BCUT2D eigenvalue weighted by molar-refractivity contribution is -0.0782. The SMILES string of the molecule is C[C@H](O)C(COCc1ccccc1)ON. The monoisotopic (exact) mass is 211 g/mol. The van der Waals surface area contributed by atoms with Crippen molar-refractivity contribution >= 4 is 0 Å². The van der Waals surface area contributed by atoms with Gasteiger partial charge in [-0.1, -0.05) is 30.3 Å². The molecule has 0 aromatic heterocycles. The van der Waals surface area contributed by atoms with Crippen LogP contribution >= 0.6 is 0 Å². The largest absolute Gasteiger partial charge is 0.391 e. The highest BCUT2D eigenvalue weighted by Crippen LogP contribution is 2.03. The third kappa shape index (κ3) is 4.40. The maximum Gasteiger partial charge on any atom is 0.127 e. The van der Waals surface area contributed by atoms with Gasteiger partial charge in [0.15, 0.2) is 0 Å². The first-order valence-corrected chi connectivity index (χ1v) is 4.89. The molecule has 2 atom stereocenters. The van der Waals surface area contributed by atoms with Crippen molar-refractivity contribution in [1.82, 2.24) is 0 Å². The Kier molecular flexibility index (Phi) is 5.28. The summed E-state index contributed by atoms with van der Waals surface area (Å²) in [5.41, 5.74) is 1.08. The Balaban J connectivity index is 2.27. The highest BCUT2D eigenvalue weighted by molar-refractivity contribution is 5.13. The van der Waals surface area contributed by atoms with E-state index in [1.165, 1.54) is 0 Å². The third-order valence-electron chi connectivity index (χ3n) is 2.11. The zero-order valence-corrected chi connectivity index (χ0v) is 8.80. The number of ether oxygens (including phenoxy) is 1. The van der Waals surface area contributed by atoms with Gasteiger partial charge in [-0.05, 0) is 12.5 Å². The van der Waals surface area contributed by atoms with E-state index in [-0.39, 0.29) is 6.61 Å². The molecule has 0 radical (unpaired) electrons. The molecule has 84 valence electrons. The fourth-order valence-electron chi connectivity index (χ4n) is 1.16. The molecular weight excluding hydrogens is 194 g/mol. The molecule has 0 aliphatic carbocycles. The van der Waals surface area contributed by atoms with Crippen LogP contribution in [-0.2, 0) is 16.2 Å². The molecule has 0 heterocycles. The molecule has 4 heteroatoms. The fraction of sp³-hybridized carbons (Fsp3) is 0.455. The van der Waals surface area contributed by atoms with Gasteiger partial charge in [-0.2, -0.15) is 0 Å². The molecule has 0 spiro atoms. The van der Waals surface area contributed by atoms with Gasteiger partial charge in [0.2, 0.25) is 0 Å². The molecule has 1 aromatic carbocycles. The van der Waals surface area contributed by atoms with E-state index < -0.39 is 12.2 Å². The lowest BCUT2D eigenvalue weighted by Gasteiger charge is -2.17. The van der Waals surface area contributed by atoms with Crippen LogP contribution in [0.5, 0.6) is 0 Å². The van der Waals surface area contributed by atoms with E-state index in [0.717, 1.165) is 5.56 Å². The quantitative estimate of drug-likeness (QED) is 0.684. The summed E-state index contributed by atoms with van der Waals surface area (Å²) in [6.07, 6.45) is -1.11. The molecule has 15 heavy (non-hydrogen) atoms. The Morgan fingerprint density at radius 1 is 1.33 bits per heavy atom. The van der Waals surface area contributed by atoms with E-state index in [4.69, 9.17) is 10.6 Å². The van der Waals surface area contributed by atoms with Crippen molar-refractivity contribution in [2.45, 2.75) is 25.7 Å². The van der Waals surface area contributed by atoms with E-state index in [1.54, 1.807) is 6.92 Å². The van der Waals surface area contributed by atoms with Crippen molar-refractivity contribution in [2.24, 2.45) is 5.90 Å². The van der Waals surface area contributed by atoms with Crippen molar-refractivity contribution in [1.29, 1.82) is 0 Å². The molecule has 0 aliphatic heterocycles. The van der Waals surface area contributed by atoms with Gasteiger partial charge >= 0.3 is 0 Å². The Morgan fingerprint density at radius 2 is 2.00 bits per heavy atom. The summed E-state index contributed by atoms with van der Waals surface area (Å²) in [6.45, 7) is 2.39. The molecule has 0 saturated heterocycles. The first kappa shape index (κ1) is 12.1. The first-order chi connectivity index (χ1) is 7.24. The second-order valence-electron chi connectivity index (χ2n) is 3.42. The van der Waals surface area contributed by atoms with Crippen LogP contribution in [0.25, 0.3) is 0 Å². The summed E-state index contributed by atoms with van der Waals surface area (Å²) in [5.74, 6) is 5.01. The molecule has 1 aromatic rings. The summed E-state index contributed by atoms with van der Waals surface area (Å²) in [5, 5.41) is 9.22. The minimum Gasteiger partial charge on any atom is -0.391 e. The van der Waals surface area contributed by atoms with E-state index in [2.05, 4.69) is 4.84 Å². The number of nitrogens with two attached hydrogens (primary N) is 1. The summed E-state index contributed by atoms with van der Waals surface area (Å²) in [4.78, 5) is 4.57. The zero-order valence-electron chi connectivity index (χ0n) is 8.80. The molecule has 0 fully saturated rings. The summed E-state index contributed by atoms with van der Waals surface area (Å²) in [7, 11) is 0. The van der Waals surface area contributed by atoms with Crippen molar-refractivity contribution in [3.8, 4) is 0 Å². The lowest BCUT2D eigenvalue weighted by Crippen LogP contribution is -2.33. The normalized spacial score (nSPS) is 14.9. The van der Waals surface area contributed by atoms with Crippen LogP contribution in [0.15, 0.2) is 30.3 Å². The zero-order chi connectivity index (χ0) is 11.1. The van der Waals surface area contributed by atoms with Gasteiger partial charge in [0.05, 0.1) is 19.3 Å². The predicted molar refractivity (Wildman–Crippen MR) is 56.8 cm³/mol. The Bertz CT molecular complexity index is 264. The van der Waals surface area contributed by atoms with Crippen LogP contribution in [-0.4, -0.2) is 23.9 Å². The van der Waals surface area contributed by atoms with Gasteiger partial charge in [0.1, 0.15) is 6.10 Å². The van der Waals surface area contributed by atoms with Crippen LogP contribution < -0.4 is 5.90 Å². The number of hydrogen-bond donors (Lipinski definition) is 2. The summed E-state index contributed by atoms with van der Waals surface area (Å²) < 4.78 is 5.37. The van der Waals surface area contributed by atoms with Crippen molar-refractivity contribution in [3.63, 3.8) is 0 Å². The molecule has 0 bridgehead atoms. The van der Waals surface area contributed by atoms with E-state index >= 15 is 0 Å². The van der Waals surface area contributed by atoms with Crippen LogP contribution in [0.4, 0.5) is 0 Å². The van der Waals surface area contributed by atoms with Crippen molar-refractivity contribution < 1.29 is 14.7 Å². The number of aliphatic hydroxyl groups excluding tert-OH is 1. The average molecular weight is 211 g/mol. The third-order valence-corrected chi connectivity index (χ3v) is 2.11. The standard InChI is InChI=1S/C11H17NO3/c1-9(13)11(15-12)8-14-7-10-5-3-2-4-6-10/h2-6,9,11,13H,7-8,12H2,1H3/t9-,11?/m0/s1. The molecule has 0 saturated carbocycles. The summed E-state index contributed by atoms with van der Waals surface area (Å²) in [6, 6.07) is 9.79.